The van der Waals surface area contributed by atoms with Gasteiger partial charge in [0.15, 0.2) is 0 Å². The number of alkyl halides is 2. The van der Waals surface area contributed by atoms with Crippen molar-refractivity contribution in [3.8, 4) is 5.75 Å². The molecule has 0 aliphatic heterocycles. The van der Waals surface area contributed by atoms with Crippen LogP contribution in [-0.4, -0.2) is 23.3 Å². The Hall–Kier alpha value is -3.03. The van der Waals surface area contributed by atoms with E-state index in [9.17, 15) is 18.4 Å². The molecule has 1 amide bonds. The molecule has 1 aromatic carbocycles. The Balaban J connectivity index is 1.98. The highest BCUT2D eigenvalue weighted by Crippen LogP contribution is 2.18. The van der Waals surface area contributed by atoms with Crippen molar-refractivity contribution >= 4 is 12.1 Å². The molecule has 0 aliphatic rings. The second-order valence-electron chi connectivity index (χ2n) is 4.38. The normalized spacial score (nSPS) is 10.9. The van der Waals surface area contributed by atoms with Gasteiger partial charge in [0.2, 0.25) is 0 Å². The Morgan fingerprint density at radius 2 is 2.00 bits per heavy atom. The van der Waals surface area contributed by atoms with Gasteiger partial charge in [-0.1, -0.05) is 18.2 Å². The van der Waals surface area contributed by atoms with Crippen LogP contribution in [0.25, 0.3) is 0 Å². The first-order valence-corrected chi connectivity index (χ1v) is 6.57. The summed E-state index contributed by atoms with van der Waals surface area (Å²) >= 11 is 0. The number of halogens is 2. The van der Waals surface area contributed by atoms with E-state index in [1.54, 1.807) is 18.2 Å². The highest BCUT2D eigenvalue weighted by atomic mass is 19.3. The molecule has 2 rings (SSSR count). The molecule has 0 saturated carbocycles. The lowest BCUT2D eigenvalue weighted by Gasteiger charge is -2.07. The van der Waals surface area contributed by atoms with Crippen molar-refractivity contribution < 1.29 is 18.3 Å². The van der Waals surface area contributed by atoms with Gasteiger partial charge in [0, 0.05) is 17.8 Å². The number of para-hydroxylation sites is 1. The molecule has 0 atom stereocenters. The maximum atomic E-state index is 12.3. The summed E-state index contributed by atoms with van der Waals surface area (Å²) < 4.78 is 30.1. The van der Waals surface area contributed by atoms with Crippen molar-refractivity contribution in [1.29, 1.82) is 0 Å². The van der Waals surface area contributed by atoms with Crippen molar-refractivity contribution in [2.24, 2.45) is 5.10 Å². The van der Waals surface area contributed by atoms with E-state index in [4.69, 9.17) is 0 Å². The lowest BCUT2D eigenvalue weighted by atomic mass is 10.2. The van der Waals surface area contributed by atoms with E-state index in [0.29, 0.717) is 0 Å². The number of hydrogen-bond acceptors (Lipinski definition) is 4. The van der Waals surface area contributed by atoms with Crippen LogP contribution in [0.3, 0.4) is 0 Å². The molecule has 0 bridgehead atoms. The lowest BCUT2D eigenvalue weighted by Crippen LogP contribution is -2.29. The molecule has 8 heteroatoms. The Labute approximate surface area is 130 Å². The summed E-state index contributed by atoms with van der Waals surface area (Å²) in [4.78, 5) is 23.1. The summed E-state index contributed by atoms with van der Waals surface area (Å²) in [6.45, 7) is -3.16. The number of amides is 1. The van der Waals surface area contributed by atoms with Crippen LogP contribution in [0.5, 0.6) is 5.75 Å². The number of hydrazone groups is 1. The van der Waals surface area contributed by atoms with Crippen molar-refractivity contribution in [2.75, 3.05) is 0 Å². The minimum absolute atomic E-state index is 0.0558. The molecule has 0 fully saturated rings. The Morgan fingerprint density at radius 1 is 1.26 bits per heavy atom. The van der Waals surface area contributed by atoms with Gasteiger partial charge in [0.05, 0.1) is 6.21 Å². The number of rotatable bonds is 6. The minimum Gasteiger partial charge on any atom is -0.434 e. The predicted octanol–water partition coefficient (Wildman–Crippen LogP) is 1.60. The summed E-state index contributed by atoms with van der Waals surface area (Å²) in [6.07, 6.45) is 2.65. The van der Waals surface area contributed by atoms with Crippen molar-refractivity contribution in [3.05, 3.63) is 64.6 Å². The van der Waals surface area contributed by atoms with Crippen LogP contribution in [0.2, 0.25) is 0 Å². The molecule has 0 unspecified atom stereocenters. The predicted molar refractivity (Wildman–Crippen MR) is 79.5 cm³/mol. The number of nitrogens with zero attached hydrogens (tertiary/aromatic N) is 2. The van der Waals surface area contributed by atoms with Crippen LogP contribution in [0.15, 0.2) is 58.6 Å². The van der Waals surface area contributed by atoms with Crippen LogP contribution in [0.4, 0.5) is 8.78 Å². The second-order valence-corrected chi connectivity index (χ2v) is 4.38. The van der Waals surface area contributed by atoms with E-state index >= 15 is 0 Å². The van der Waals surface area contributed by atoms with Gasteiger partial charge in [-0.2, -0.15) is 13.9 Å². The van der Waals surface area contributed by atoms with E-state index in [-0.39, 0.29) is 23.4 Å². The Morgan fingerprint density at radius 3 is 2.74 bits per heavy atom. The van der Waals surface area contributed by atoms with Crippen LogP contribution < -0.4 is 15.7 Å². The quantitative estimate of drug-likeness (QED) is 0.649. The van der Waals surface area contributed by atoms with Gasteiger partial charge in [-0.3, -0.25) is 9.59 Å². The fourth-order valence-corrected chi connectivity index (χ4v) is 1.75. The van der Waals surface area contributed by atoms with Gasteiger partial charge < -0.3 is 9.30 Å². The van der Waals surface area contributed by atoms with Crippen LogP contribution >= 0.6 is 0 Å². The zero-order chi connectivity index (χ0) is 16.7. The molecule has 2 aromatic rings. The summed E-state index contributed by atoms with van der Waals surface area (Å²) in [5.74, 6) is -0.582. The first kappa shape index (κ1) is 16.3. The highest BCUT2D eigenvalue weighted by Gasteiger charge is 2.07. The van der Waals surface area contributed by atoms with Gasteiger partial charge >= 0.3 is 6.61 Å². The molecule has 0 aliphatic carbocycles. The average Bonchev–Trinajstić information content (AvgIpc) is 2.51. The molecule has 0 spiro atoms. The number of carbonyl (C=O) groups is 1. The maximum absolute atomic E-state index is 12.3. The number of pyridine rings is 1. The standard InChI is InChI=1S/C15H13F2N3O3/c16-15(17)23-12-6-2-1-5-11(12)9-18-19-13(21)10-20-8-4-3-7-14(20)22/h1-9,15H,10H2,(H,19,21)/b18-9-. The first-order chi connectivity index (χ1) is 11.1. The number of aromatic nitrogens is 1. The topological polar surface area (TPSA) is 72.7 Å². The summed E-state index contributed by atoms with van der Waals surface area (Å²) in [7, 11) is 0. The van der Waals surface area contributed by atoms with Gasteiger partial charge in [-0.15, -0.1) is 0 Å². The molecule has 1 aromatic heterocycles. The third kappa shape index (κ3) is 5.03. The lowest BCUT2D eigenvalue weighted by molar-refractivity contribution is -0.121. The fraction of sp³-hybridized carbons (Fsp3) is 0.133. The SMILES string of the molecule is O=C(Cn1ccccc1=O)N/N=C\c1ccccc1OC(F)F. The first-order valence-electron chi connectivity index (χ1n) is 6.57. The van der Waals surface area contributed by atoms with E-state index in [1.165, 1.54) is 41.2 Å². The second kappa shape index (κ2) is 7.83. The number of nitrogens with one attached hydrogen (secondary N) is 1. The Kier molecular flexibility index (Phi) is 5.56. The Bertz CT molecular complexity index is 759. The number of carbonyl (C=O) groups excluding carboxylic acids is 1. The van der Waals surface area contributed by atoms with Gasteiger partial charge in [-0.25, -0.2) is 5.43 Å². The zero-order valence-electron chi connectivity index (χ0n) is 11.9. The fourth-order valence-electron chi connectivity index (χ4n) is 1.75. The van der Waals surface area contributed by atoms with Crippen molar-refractivity contribution in [1.82, 2.24) is 9.99 Å². The third-order valence-electron chi connectivity index (χ3n) is 2.74. The third-order valence-corrected chi connectivity index (χ3v) is 2.74. The number of benzene rings is 1. The minimum atomic E-state index is -2.95. The van der Waals surface area contributed by atoms with Gasteiger partial charge in [0.25, 0.3) is 11.5 Å². The van der Waals surface area contributed by atoms with E-state index in [0.717, 1.165) is 0 Å². The molecular weight excluding hydrogens is 308 g/mol. The van der Waals surface area contributed by atoms with E-state index < -0.39 is 12.5 Å². The number of hydrogen-bond donors (Lipinski definition) is 1. The van der Waals surface area contributed by atoms with Gasteiger partial charge in [0.1, 0.15) is 12.3 Å². The van der Waals surface area contributed by atoms with Crippen LogP contribution in [-0.2, 0) is 11.3 Å². The van der Waals surface area contributed by atoms with Crippen LogP contribution in [0, 0.1) is 0 Å². The highest BCUT2D eigenvalue weighted by molar-refractivity contribution is 5.85. The molecule has 0 radical (unpaired) electrons. The molecular formula is C15H13F2N3O3. The number of ether oxygens (including phenoxy) is 1. The van der Waals surface area contributed by atoms with Crippen LogP contribution in [0.1, 0.15) is 5.56 Å². The molecule has 120 valence electrons. The molecule has 0 saturated heterocycles. The summed E-state index contributed by atoms with van der Waals surface area (Å²) in [5.41, 5.74) is 2.18. The molecule has 23 heavy (non-hydrogen) atoms. The summed E-state index contributed by atoms with van der Waals surface area (Å²) in [6, 6.07) is 10.5. The summed E-state index contributed by atoms with van der Waals surface area (Å²) in [5, 5.41) is 3.67. The van der Waals surface area contributed by atoms with E-state index in [2.05, 4.69) is 15.3 Å². The molecule has 6 nitrogen and oxygen atoms in total. The smallest absolute Gasteiger partial charge is 0.387 e. The van der Waals surface area contributed by atoms with Gasteiger partial charge in [-0.05, 0) is 18.2 Å². The van der Waals surface area contributed by atoms with Crippen molar-refractivity contribution in [3.63, 3.8) is 0 Å². The zero-order valence-corrected chi connectivity index (χ0v) is 11.9. The molecule has 1 N–H and O–H groups in total. The van der Waals surface area contributed by atoms with Crippen molar-refractivity contribution in [2.45, 2.75) is 13.2 Å². The average molecular weight is 321 g/mol. The monoisotopic (exact) mass is 321 g/mol. The maximum Gasteiger partial charge on any atom is 0.387 e. The largest absolute Gasteiger partial charge is 0.434 e. The van der Waals surface area contributed by atoms with E-state index in [1.807, 2.05) is 0 Å². The molecule has 1 heterocycles.